The third-order valence-electron chi connectivity index (χ3n) is 8.49. The highest BCUT2D eigenvalue weighted by atomic mass is 35.5. The lowest BCUT2D eigenvalue weighted by Gasteiger charge is -2.49. The van der Waals surface area contributed by atoms with Crippen LogP contribution in [0.3, 0.4) is 0 Å². The Hall–Kier alpha value is -3.69. The summed E-state index contributed by atoms with van der Waals surface area (Å²) in [4.78, 5) is 16.3. The molecule has 3 atom stereocenters. The Morgan fingerprint density at radius 1 is 0.841 bits per heavy atom. The number of hydrogen-bond acceptors (Lipinski definition) is 6. The van der Waals surface area contributed by atoms with E-state index in [2.05, 4.69) is 71.1 Å². The number of fused-ring (bicyclic) bond motifs is 1. The fourth-order valence-electron chi connectivity index (χ4n) is 6.61. The van der Waals surface area contributed by atoms with Crippen molar-refractivity contribution in [2.24, 2.45) is 0 Å². The number of nitrogens with zero attached hydrogens (tertiary/aromatic N) is 5. The summed E-state index contributed by atoms with van der Waals surface area (Å²) in [7, 11) is 0. The van der Waals surface area contributed by atoms with E-state index in [0.29, 0.717) is 22.4 Å². The van der Waals surface area contributed by atoms with Crippen molar-refractivity contribution in [3.8, 4) is 0 Å². The van der Waals surface area contributed by atoms with E-state index in [1.165, 1.54) is 0 Å². The van der Waals surface area contributed by atoms with Gasteiger partial charge in [-0.1, -0.05) is 114 Å². The second kappa shape index (κ2) is 11.3. The summed E-state index contributed by atoms with van der Waals surface area (Å²) < 4.78 is 1.39. The standard InChI is InChI=1S/C34H30Cl2N6OS/c1-33(2)29(30-38-39-40-41(30)21-22-18-26(35)20-27(36)19-22)42-31(43)28(32(42)44-33)37-34(23-12-6-3-7-13-23,24-14-8-4-9-15-24)25-16-10-5-11-17-25/h3-20,28-29,32,37H,21H2,1-2H3/t28?,29?,32-/m0/s1. The average molecular weight is 642 g/mol. The molecule has 2 aliphatic rings. The van der Waals surface area contributed by atoms with Gasteiger partial charge in [0.25, 0.3) is 0 Å². The number of thioether (sulfide) groups is 1. The molecule has 1 aromatic heterocycles. The summed E-state index contributed by atoms with van der Waals surface area (Å²) in [5.41, 5.74) is 3.31. The first-order chi connectivity index (χ1) is 21.3. The molecule has 10 heteroatoms. The Morgan fingerprint density at radius 3 is 1.89 bits per heavy atom. The minimum atomic E-state index is -0.758. The molecule has 44 heavy (non-hydrogen) atoms. The third kappa shape index (κ3) is 4.90. The lowest BCUT2D eigenvalue weighted by atomic mass is 9.76. The Labute approximate surface area is 270 Å². The number of tetrazole rings is 1. The predicted octanol–water partition coefficient (Wildman–Crippen LogP) is 6.71. The van der Waals surface area contributed by atoms with Gasteiger partial charge in [-0.05, 0) is 64.7 Å². The molecular formula is C34H30Cl2N6OS. The van der Waals surface area contributed by atoms with Crippen LogP contribution < -0.4 is 5.32 Å². The van der Waals surface area contributed by atoms with Crippen LogP contribution in [0.5, 0.6) is 0 Å². The average Bonchev–Trinajstić information content (AvgIpc) is 3.57. The SMILES string of the molecule is CC1(C)S[C@H]2C(NC(c3ccccc3)(c3ccccc3)c3ccccc3)C(=O)N2C1c1nnnn1Cc1cc(Cl)cc(Cl)c1. The summed E-state index contributed by atoms with van der Waals surface area (Å²) in [6.07, 6.45) is 0. The number of carbonyl (C=O) groups excluding carboxylic acids is 1. The normalized spacial score (nSPS) is 20.8. The predicted molar refractivity (Wildman–Crippen MR) is 175 cm³/mol. The van der Waals surface area contributed by atoms with Crippen molar-refractivity contribution in [3.63, 3.8) is 0 Å². The van der Waals surface area contributed by atoms with Gasteiger partial charge >= 0.3 is 0 Å². The minimum absolute atomic E-state index is 0.0191. The van der Waals surface area contributed by atoms with Gasteiger partial charge in [-0.2, -0.15) is 0 Å². The Bertz CT molecular complexity index is 1680. The van der Waals surface area contributed by atoms with E-state index in [-0.39, 0.29) is 22.1 Å². The first-order valence-corrected chi connectivity index (χ1v) is 16.1. The van der Waals surface area contributed by atoms with Crippen molar-refractivity contribution in [2.75, 3.05) is 0 Å². The van der Waals surface area contributed by atoms with Crippen molar-refractivity contribution in [1.29, 1.82) is 0 Å². The Balaban J connectivity index is 1.26. The van der Waals surface area contributed by atoms with Crippen LogP contribution in [0.25, 0.3) is 0 Å². The summed E-state index contributed by atoms with van der Waals surface area (Å²) in [6.45, 7) is 4.69. The molecule has 1 amide bonds. The number of nitrogens with one attached hydrogen (secondary N) is 1. The van der Waals surface area contributed by atoms with Crippen molar-refractivity contribution in [3.05, 3.63) is 147 Å². The van der Waals surface area contributed by atoms with Gasteiger partial charge in [0.15, 0.2) is 5.82 Å². The maximum atomic E-state index is 14.3. The van der Waals surface area contributed by atoms with E-state index in [0.717, 1.165) is 22.3 Å². The van der Waals surface area contributed by atoms with Crippen LogP contribution in [0.2, 0.25) is 10.0 Å². The van der Waals surface area contributed by atoms with E-state index in [9.17, 15) is 4.79 Å². The lowest BCUT2D eigenvalue weighted by molar-refractivity contribution is -0.150. The molecular weight excluding hydrogens is 611 g/mol. The van der Waals surface area contributed by atoms with Crippen LogP contribution in [0, 0.1) is 0 Å². The molecule has 2 fully saturated rings. The molecule has 7 nitrogen and oxygen atoms in total. The molecule has 5 aromatic rings. The molecule has 0 radical (unpaired) electrons. The Kier molecular flexibility index (Phi) is 7.49. The zero-order valence-electron chi connectivity index (χ0n) is 24.1. The van der Waals surface area contributed by atoms with Crippen LogP contribution in [0.15, 0.2) is 109 Å². The third-order valence-corrected chi connectivity index (χ3v) is 10.5. The summed E-state index contributed by atoms with van der Waals surface area (Å²) in [5.74, 6) is 0.652. The van der Waals surface area contributed by atoms with Crippen LogP contribution in [-0.2, 0) is 16.9 Å². The van der Waals surface area contributed by atoms with Crippen LogP contribution >= 0.6 is 35.0 Å². The highest BCUT2D eigenvalue weighted by molar-refractivity contribution is 8.01. The number of hydrogen-bond donors (Lipinski definition) is 1. The van der Waals surface area contributed by atoms with Crippen molar-refractivity contribution in [1.82, 2.24) is 30.4 Å². The Morgan fingerprint density at radius 2 is 1.36 bits per heavy atom. The molecule has 0 spiro atoms. The molecule has 2 saturated heterocycles. The molecule has 4 aromatic carbocycles. The highest BCUT2D eigenvalue weighted by Gasteiger charge is 2.64. The second-order valence-corrected chi connectivity index (χ2v) is 14.3. The van der Waals surface area contributed by atoms with Gasteiger partial charge < -0.3 is 4.90 Å². The molecule has 1 N–H and O–H groups in total. The fourth-order valence-corrected chi connectivity index (χ4v) is 8.81. The molecule has 0 bridgehead atoms. The zero-order chi connectivity index (χ0) is 30.5. The minimum Gasteiger partial charge on any atom is -0.315 e. The first-order valence-electron chi connectivity index (χ1n) is 14.4. The van der Waals surface area contributed by atoms with E-state index < -0.39 is 11.6 Å². The number of rotatable bonds is 8. The first kappa shape index (κ1) is 29.0. The fraction of sp³-hybridized carbons (Fsp3) is 0.235. The van der Waals surface area contributed by atoms with Gasteiger partial charge in [0.2, 0.25) is 5.91 Å². The van der Waals surface area contributed by atoms with Gasteiger partial charge in [0, 0.05) is 14.8 Å². The monoisotopic (exact) mass is 640 g/mol. The molecule has 7 rings (SSSR count). The quantitative estimate of drug-likeness (QED) is 0.150. The summed E-state index contributed by atoms with van der Waals surface area (Å²) in [5, 5.41) is 17.6. The largest absolute Gasteiger partial charge is 0.315 e. The maximum Gasteiger partial charge on any atom is 0.244 e. The number of amides is 1. The number of halogens is 2. The smallest absolute Gasteiger partial charge is 0.244 e. The summed E-state index contributed by atoms with van der Waals surface area (Å²) >= 11 is 14.3. The summed E-state index contributed by atoms with van der Waals surface area (Å²) in [6, 6.07) is 35.7. The number of aromatic nitrogens is 4. The molecule has 0 aliphatic carbocycles. The van der Waals surface area contributed by atoms with Crippen LogP contribution in [-0.4, -0.2) is 47.2 Å². The van der Waals surface area contributed by atoms with Crippen molar-refractivity contribution in [2.45, 2.75) is 48.1 Å². The maximum absolute atomic E-state index is 14.3. The van der Waals surface area contributed by atoms with E-state index in [1.807, 2.05) is 71.6 Å². The number of β-lactam (4-membered cyclic amide) rings is 1. The van der Waals surface area contributed by atoms with Crippen LogP contribution in [0.1, 0.15) is 48.0 Å². The number of carbonyl (C=O) groups is 1. The van der Waals surface area contributed by atoms with Crippen LogP contribution in [0.4, 0.5) is 0 Å². The second-order valence-electron chi connectivity index (χ2n) is 11.7. The van der Waals surface area contributed by atoms with Crippen molar-refractivity contribution >= 4 is 40.9 Å². The van der Waals surface area contributed by atoms with Gasteiger partial charge in [0.05, 0.1) is 12.1 Å². The van der Waals surface area contributed by atoms with Gasteiger partial charge in [-0.25, -0.2) is 4.68 Å². The molecule has 2 unspecified atom stereocenters. The van der Waals surface area contributed by atoms with Gasteiger partial charge in [0.1, 0.15) is 17.5 Å². The van der Waals surface area contributed by atoms with E-state index >= 15 is 0 Å². The number of benzene rings is 4. The topological polar surface area (TPSA) is 75.9 Å². The van der Waals surface area contributed by atoms with Crippen molar-refractivity contribution < 1.29 is 4.79 Å². The van der Waals surface area contributed by atoms with Gasteiger partial charge in [-0.3, -0.25) is 10.1 Å². The van der Waals surface area contributed by atoms with Gasteiger partial charge in [-0.15, -0.1) is 16.9 Å². The van der Waals surface area contributed by atoms with E-state index in [1.54, 1.807) is 22.5 Å². The zero-order valence-corrected chi connectivity index (χ0v) is 26.5. The molecule has 0 saturated carbocycles. The van der Waals surface area contributed by atoms with E-state index in [4.69, 9.17) is 23.2 Å². The molecule has 222 valence electrons. The lowest BCUT2D eigenvalue weighted by Crippen LogP contribution is -2.70. The molecule has 3 heterocycles. The highest BCUT2D eigenvalue weighted by Crippen LogP contribution is 2.57. The molecule has 2 aliphatic heterocycles.